The van der Waals surface area contributed by atoms with Crippen molar-refractivity contribution in [1.29, 1.82) is 0 Å². The van der Waals surface area contributed by atoms with E-state index in [1.807, 2.05) is 0 Å². The van der Waals surface area contributed by atoms with E-state index in [0.29, 0.717) is 12.4 Å². The molecule has 0 N–H and O–H groups in total. The van der Waals surface area contributed by atoms with E-state index < -0.39 is 4.92 Å². The molecule has 0 aromatic heterocycles. The molecule has 80 valence electrons. The van der Waals surface area contributed by atoms with Gasteiger partial charge < -0.3 is 0 Å². The van der Waals surface area contributed by atoms with Crippen LogP contribution in [0.2, 0.25) is 0 Å². The van der Waals surface area contributed by atoms with Crippen LogP contribution in [-0.2, 0) is 0 Å². The molecule has 0 fully saturated rings. The maximum Gasteiger partial charge on any atom is 0.269 e. The van der Waals surface area contributed by atoms with Gasteiger partial charge in [-0.1, -0.05) is 0 Å². The molecule has 1 aromatic carbocycles. The second-order valence-corrected chi connectivity index (χ2v) is 3.30. The molecule has 0 saturated carbocycles. The average molecular weight is 227 g/mol. The van der Waals surface area contributed by atoms with Gasteiger partial charge in [0.15, 0.2) is 0 Å². The molecule has 0 aliphatic carbocycles. The van der Waals surface area contributed by atoms with Crippen LogP contribution in [0.25, 0.3) is 0 Å². The Kier molecular flexibility index (Phi) is 4.77. The van der Waals surface area contributed by atoms with Crippen LogP contribution in [0.1, 0.15) is 12.0 Å². The van der Waals surface area contributed by atoms with Crippen LogP contribution in [0.5, 0.6) is 0 Å². The van der Waals surface area contributed by atoms with Gasteiger partial charge in [0.25, 0.3) is 5.69 Å². The molecule has 0 spiro atoms. The summed E-state index contributed by atoms with van der Waals surface area (Å²) in [5.74, 6) is 0.595. The minimum Gasteiger partial charge on any atom is -0.293 e. The topological polar surface area (TPSA) is 55.5 Å². The minimum atomic E-state index is -0.422. The van der Waals surface area contributed by atoms with Gasteiger partial charge in [0.2, 0.25) is 0 Å². The number of rotatable bonds is 5. The Hall–Kier alpha value is -1.42. The summed E-state index contributed by atoms with van der Waals surface area (Å²) in [6.07, 6.45) is 2.53. The first kappa shape index (κ1) is 11.7. The highest BCUT2D eigenvalue weighted by molar-refractivity contribution is 6.17. The molecule has 15 heavy (non-hydrogen) atoms. The fourth-order valence-corrected chi connectivity index (χ4v) is 1.12. The lowest BCUT2D eigenvalue weighted by Crippen LogP contribution is -1.89. The Balaban J connectivity index is 2.56. The molecule has 0 aliphatic rings. The molecule has 0 atom stereocenters. The van der Waals surface area contributed by atoms with Gasteiger partial charge in [-0.05, 0) is 24.1 Å². The largest absolute Gasteiger partial charge is 0.293 e. The van der Waals surface area contributed by atoms with Gasteiger partial charge in [-0.15, -0.1) is 11.6 Å². The molecule has 0 bridgehead atoms. The number of halogens is 1. The molecule has 5 heteroatoms. The molecular weight excluding hydrogens is 216 g/mol. The molecule has 0 unspecified atom stereocenters. The van der Waals surface area contributed by atoms with Crippen molar-refractivity contribution in [1.82, 2.24) is 0 Å². The van der Waals surface area contributed by atoms with Gasteiger partial charge in [-0.2, -0.15) is 0 Å². The zero-order valence-corrected chi connectivity index (χ0v) is 8.85. The summed E-state index contributed by atoms with van der Waals surface area (Å²) in [5.41, 5.74) is 0.947. The zero-order valence-electron chi connectivity index (χ0n) is 8.10. The number of nitrogens with zero attached hydrogens (tertiary/aromatic N) is 2. The number of nitro benzene ring substituents is 1. The van der Waals surface area contributed by atoms with E-state index in [4.69, 9.17) is 11.6 Å². The summed E-state index contributed by atoms with van der Waals surface area (Å²) in [7, 11) is 0. The predicted octanol–water partition coefficient (Wildman–Crippen LogP) is 2.64. The van der Waals surface area contributed by atoms with Crippen molar-refractivity contribution >= 4 is 23.5 Å². The van der Waals surface area contributed by atoms with Crippen molar-refractivity contribution in [2.45, 2.75) is 6.42 Å². The minimum absolute atomic E-state index is 0.0907. The summed E-state index contributed by atoms with van der Waals surface area (Å²) in [4.78, 5) is 14.1. The number of non-ortho nitro benzene ring substituents is 1. The average Bonchev–Trinajstić information content (AvgIpc) is 2.25. The van der Waals surface area contributed by atoms with Crippen LogP contribution in [-0.4, -0.2) is 23.6 Å². The Morgan fingerprint density at radius 1 is 1.40 bits per heavy atom. The highest BCUT2D eigenvalue weighted by Gasteiger charge is 2.01. The zero-order chi connectivity index (χ0) is 11.1. The highest BCUT2D eigenvalue weighted by atomic mass is 35.5. The first-order valence-corrected chi connectivity index (χ1v) is 5.08. The fourth-order valence-electron chi connectivity index (χ4n) is 1.00. The lowest BCUT2D eigenvalue weighted by Gasteiger charge is -1.93. The third kappa shape index (κ3) is 4.08. The molecule has 0 aliphatic heterocycles. The van der Waals surface area contributed by atoms with Gasteiger partial charge in [0.1, 0.15) is 0 Å². The van der Waals surface area contributed by atoms with Crippen molar-refractivity contribution in [2.24, 2.45) is 4.99 Å². The van der Waals surface area contributed by atoms with Crippen LogP contribution in [0.4, 0.5) is 5.69 Å². The van der Waals surface area contributed by atoms with Crippen molar-refractivity contribution in [3.8, 4) is 0 Å². The van der Waals surface area contributed by atoms with Gasteiger partial charge in [-0.25, -0.2) is 0 Å². The molecule has 0 saturated heterocycles. The van der Waals surface area contributed by atoms with Gasteiger partial charge in [0, 0.05) is 30.8 Å². The van der Waals surface area contributed by atoms with Crippen molar-refractivity contribution in [3.63, 3.8) is 0 Å². The standard InChI is InChI=1S/C10H11ClN2O2/c11-6-1-7-12-8-9-2-4-10(5-3-9)13(14)15/h2-5,8H,1,6-7H2. The first-order valence-electron chi connectivity index (χ1n) is 4.54. The van der Waals surface area contributed by atoms with E-state index in [2.05, 4.69) is 4.99 Å². The number of aliphatic imine (C=N–C) groups is 1. The lowest BCUT2D eigenvalue weighted by atomic mass is 10.2. The van der Waals surface area contributed by atoms with Gasteiger partial charge in [-0.3, -0.25) is 15.1 Å². The molecule has 4 nitrogen and oxygen atoms in total. The maximum atomic E-state index is 10.4. The van der Waals surface area contributed by atoms with E-state index in [1.165, 1.54) is 12.1 Å². The second kappa shape index (κ2) is 6.14. The van der Waals surface area contributed by atoms with Crippen LogP contribution in [0.15, 0.2) is 29.3 Å². The normalized spacial score (nSPS) is 10.7. The third-order valence-corrected chi connectivity index (χ3v) is 2.03. The monoisotopic (exact) mass is 226 g/mol. The number of benzene rings is 1. The number of alkyl halides is 1. The number of hydrogen-bond acceptors (Lipinski definition) is 3. The summed E-state index contributed by atoms with van der Waals surface area (Å²) in [6.45, 7) is 0.681. The number of hydrogen-bond donors (Lipinski definition) is 0. The summed E-state index contributed by atoms with van der Waals surface area (Å²) in [5, 5.41) is 10.4. The lowest BCUT2D eigenvalue weighted by molar-refractivity contribution is -0.384. The smallest absolute Gasteiger partial charge is 0.269 e. The highest BCUT2D eigenvalue weighted by Crippen LogP contribution is 2.10. The quantitative estimate of drug-likeness (QED) is 0.255. The van der Waals surface area contributed by atoms with E-state index in [0.717, 1.165) is 12.0 Å². The Labute approximate surface area is 92.7 Å². The Morgan fingerprint density at radius 3 is 2.60 bits per heavy atom. The predicted molar refractivity (Wildman–Crippen MR) is 60.9 cm³/mol. The van der Waals surface area contributed by atoms with Gasteiger partial charge in [0.05, 0.1) is 4.92 Å². The number of nitro groups is 1. The second-order valence-electron chi connectivity index (χ2n) is 2.93. The van der Waals surface area contributed by atoms with Crippen molar-refractivity contribution in [3.05, 3.63) is 39.9 Å². The third-order valence-electron chi connectivity index (χ3n) is 1.77. The molecule has 1 aromatic rings. The summed E-state index contributed by atoms with van der Waals surface area (Å²) < 4.78 is 0. The van der Waals surface area contributed by atoms with E-state index in [-0.39, 0.29) is 5.69 Å². The molecular formula is C10H11ClN2O2. The van der Waals surface area contributed by atoms with Gasteiger partial charge >= 0.3 is 0 Å². The van der Waals surface area contributed by atoms with Crippen molar-refractivity contribution < 1.29 is 4.92 Å². The van der Waals surface area contributed by atoms with Crippen LogP contribution < -0.4 is 0 Å². The Bertz CT molecular complexity index is 349. The summed E-state index contributed by atoms with van der Waals surface area (Å²) >= 11 is 5.49. The Morgan fingerprint density at radius 2 is 2.07 bits per heavy atom. The molecule has 0 heterocycles. The van der Waals surface area contributed by atoms with E-state index in [1.54, 1.807) is 18.3 Å². The SMILES string of the molecule is O=[N+]([O-])c1ccc(C=NCCCCl)cc1. The fraction of sp³-hybridized carbons (Fsp3) is 0.300. The van der Waals surface area contributed by atoms with Crippen LogP contribution in [0, 0.1) is 10.1 Å². The molecule has 0 amide bonds. The van der Waals surface area contributed by atoms with E-state index >= 15 is 0 Å². The molecule has 1 rings (SSSR count). The van der Waals surface area contributed by atoms with Crippen molar-refractivity contribution in [2.75, 3.05) is 12.4 Å². The van der Waals surface area contributed by atoms with E-state index in [9.17, 15) is 10.1 Å². The van der Waals surface area contributed by atoms with Crippen LogP contribution >= 0.6 is 11.6 Å². The molecule has 0 radical (unpaired) electrons. The summed E-state index contributed by atoms with van der Waals surface area (Å²) in [6, 6.07) is 6.26. The maximum absolute atomic E-state index is 10.4. The first-order chi connectivity index (χ1) is 7.24. The van der Waals surface area contributed by atoms with Crippen LogP contribution in [0.3, 0.4) is 0 Å².